The van der Waals surface area contributed by atoms with Crippen molar-refractivity contribution in [1.82, 2.24) is 24.8 Å². The molecule has 0 spiro atoms. The molecule has 1 fully saturated rings. The summed E-state index contributed by atoms with van der Waals surface area (Å²) in [5, 5.41) is 0. The van der Waals surface area contributed by atoms with Crippen LogP contribution in [0.4, 0.5) is 0 Å². The monoisotopic (exact) mass is 361 g/mol. The van der Waals surface area contributed by atoms with E-state index < -0.39 is 0 Å². The van der Waals surface area contributed by atoms with Gasteiger partial charge in [0.05, 0.1) is 11.3 Å². The van der Waals surface area contributed by atoms with Crippen molar-refractivity contribution < 1.29 is 4.79 Å². The minimum absolute atomic E-state index is 0.00598. The van der Waals surface area contributed by atoms with Crippen LogP contribution < -0.4 is 5.56 Å². The van der Waals surface area contributed by atoms with Crippen LogP contribution in [0.2, 0.25) is 0 Å². The van der Waals surface area contributed by atoms with Gasteiger partial charge in [0.25, 0.3) is 11.5 Å². The highest BCUT2D eigenvalue weighted by Gasteiger charge is 2.26. The lowest BCUT2D eigenvalue weighted by Gasteiger charge is -2.31. The summed E-state index contributed by atoms with van der Waals surface area (Å²) in [7, 11) is 0. The summed E-state index contributed by atoms with van der Waals surface area (Å²) in [6, 6.07) is 8.71. The number of H-pyrrole nitrogens is 1. The van der Waals surface area contributed by atoms with Gasteiger partial charge >= 0.3 is 0 Å². The molecule has 7 nitrogen and oxygen atoms in total. The number of carbonyl (C=O) groups excluding carboxylic acids is 1. The number of aromatic nitrogens is 4. The summed E-state index contributed by atoms with van der Waals surface area (Å²) in [5.74, 6) is 0.800. The molecule has 0 atom stereocenters. The second-order valence-corrected chi connectivity index (χ2v) is 6.56. The molecular formula is C20H19N5O2. The lowest BCUT2D eigenvalue weighted by Crippen LogP contribution is -2.38. The average Bonchev–Trinajstić information content (AvgIpc) is 2.74. The maximum atomic E-state index is 12.5. The summed E-state index contributed by atoms with van der Waals surface area (Å²) in [6.07, 6.45) is 8.12. The van der Waals surface area contributed by atoms with Gasteiger partial charge in [-0.25, -0.2) is 4.98 Å². The molecule has 4 rings (SSSR count). The highest BCUT2D eigenvalue weighted by Crippen LogP contribution is 2.27. The SMILES string of the molecule is O=C(c1cccnc1)N1CCC(c2nc(-c3ccncc3)cc(=O)[nH]2)CC1. The third-order valence-electron chi connectivity index (χ3n) is 4.81. The standard InChI is InChI=1S/C20H19N5O2/c26-18-12-17(14-3-8-21-9-4-14)23-19(24-18)15-5-10-25(11-6-15)20(27)16-2-1-7-22-13-16/h1-4,7-9,12-13,15H,5-6,10-11H2,(H,23,24,26). The summed E-state index contributed by atoms with van der Waals surface area (Å²) in [5.41, 5.74) is 1.94. The summed E-state index contributed by atoms with van der Waals surface area (Å²) >= 11 is 0. The lowest BCUT2D eigenvalue weighted by atomic mass is 9.95. The molecule has 0 aromatic carbocycles. The molecule has 136 valence electrons. The average molecular weight is 361 g/mol. The van der Waals surface area contributed by atoms with Crippen LogP contribution in [0.5, 0.6) is 0 Å². The van der Waals surface area contributed by atoms with Crippen molar-refractivity contribution in [3.8, 4) is 11.3 Å². The normalized spacial score (nSPS) is 14.9. The van der Waals surface area contributed by atoms with Crippen LogP contribution in [-0.4, -0.2) is 43.8 Å². The number of carbonyl (C=O) groups is 1. The van der Waals surface area contributed by atoms with Gasteiger partial charge in [-0.15, -0.1) is 0 Å². The number of hydrogen-bond acceptors (Lipinski definition) is 5. The number of likely N-dealkylation sites (tertiary alicyclic amines) is 1. The van der Waals surface area contributed by atoms with E-state index in [1.165, 1.54) is 6.07 Å². The van der Waals surface area contributed by atoms with Crippen molar-refractivity contribution in [1.29, 1.82) is 0 Å². The van der Waals surface area contributed by atoms with E-state index in [4.69, 9.17) is 0 Å². The predicted octanol–water partition coefficient (Wildman–Crippen LogP) is 2.25. The van der Waals surface area contributed by atoms with Gasteiger partial charge in [0.1, 0.15) is 5.82 Å². The molecule has 3 aromatic rings. The van der Waals surface area contributed by atoms with Crippen molar-refractivity contribution in [3.63, 3.8) is 0 Å². The molecule has 0 radical (unpaired) electrons. The summed E-state index contributed by atoms with van der Waals surface area (Å²) in [6.45, 7) is 1.25. The van der Waals surface area contributed by atoms with E-state index in [1.54, 1.807) is 36.9 Å². The minimum atomic E-state index is -0.166. The van der Waals surface area contributed by atoms with Gasteiger partial charge in [-0.2, -0.15) is 0 Å². The number of pyridine rings is 2. The van der Waals surface area contributed by atoms with Crippen molar-refractivity contribution >= 4 is 5.91 Å². The van der Waals surface area contributed by atoms with Gasteiger partial charge in [-0.05, 0) is 37.1 Å². The molecule has 0 bridgehead atoms. The number of nitrogens with one attached hydrogen (secondary N) is 1. The Morgan fingerprint density at radius 2 is 1.85 bits per heavy atom. The smallest absolute Gasteiger partial charge is 0.255 e. The molecule has 1 aliphatic heterocycles. The van der Waals surface area contributed by atoms with Crippen LogP contribution in [0.1, 0.15) is 34.9 Å². The Kier molecular flexibility index (Phi) is 4.74. The second-order valence-electron chi connectivity index (χ2n) is 6.56. The first kappa shape index (κ1) is 17.1. The Morgan fingerprint density at radius 3 is 2.56 bits per heavy atom. The van der Waals surface area contributed by atoms with E-state index in [0.29, 0.717) is 30.2 Å². The first-order valence-corrected chi connectivity index (χ1v) is 8.91. The molecule has 1 amide bonds. The number of rotatable bonds is 3. The first-order chi connectivity index (χ1) is 13.2. The summed E-state index contributed by atoms with van der Waals surface area (Å²) < 4.78 is 0. The third-order valence-corrected chi connectivity index (χ3v) is 4.81. The van der Waals surface area contributed by atoms with E-state index in [2.05, 4.69) is 19.9 Å². The van der Waals surface area contributed by atoms with Crippen molar-refractivity contribution in [2.45, 2.75) is 18.8 Å². The van der Waals surface area contributed by atoms with Gasteiger partial charge in [0.2, 0.25) is 0 Å². The fourth-order valence-corrected chi connectivity index (χ4v) is 3.37. The zero-order chi connectivity index (χ0) is 18.6. The molecule has 1 aliphatic rings. The molecular weight excluding hydrogens is 342 g/mol. The van der Waals surface area contributed by atoms with Crippen molar-refractivity contribution in [2.75, 3.05) is 13.1 Å². The van der Waals surface area contributed by atoms with Crippen LogP contribution in [0.3, 0.4) is 0 Å². The molecule has 0 saturated carbocycles. The Hall–Kier alpha value is -3.35. The fraction of sp³-hybridized carbons (Fsp3) is 0.250. The molecule has 0 unspecified atom stereocenters. The van der Waals surface area contributed by atoms with Crippen LogP contribution in [0.25, 0.3) is 11.3 Å². The number of aromatic amines is 1. The largest absolute Gasteiger partial charge is 0.339 e. The van der Waals surface area contributed by atoms with Crippen LogP contribution in [-0.2, 0) is 0 Å². The summed E-state index contributed by atoms with van der Waals surface area (Å²) in [4.78, 5) is 42.0. The van der Waals surface area contributed by atoms with Gasteiger partial charge < -0.3 is 9.88 Å². The first-order valence-electron chi connectivity index (χ1n) is 8.91. The molecule has 27 heavy (non-hydrogen) atoms. The highest BCUT2D eigenvalue weighted by molar-refractivity contribution is 5.93. The maximum Gasteiger partial charge on any atom is 0.255 e. The molecule has 0 aliphatic carbocycles. The van der Waals surface area contributed by atoms with E-state index in [9.17, 15) is 9.59 Å². The van der Waals surface area contributed by atoms with Crippen molar-refractivity contribution in [2.24, 2.45) is 0 Å². The lowest BCUT2D eigenvalue weighted by molar-refractivity contribution is 0.0710. The van der Waals surface area contributed by atoms with Gasteiger partial charge in [-0.3, -0.25) is 19.6 Å². The van der Waals surface area contributed by atoms with Gasteiger partial charge in [0, 0.05) is 55.4 Å². The molecule has 1 saturated heterocycles. The molecule has 7 heteroatoms. The van der Waals surface area contributed by atoms with E-state index >= 15 is 0 Å². The highest BCUT2D eigenvalue weighted by atomic mass is 16.2. The van der Waals surface area contributed by atoms with Crippen LogP contribution in [0.15, 0.2) is 59.9 Å². The Balaban J connectivity index is 1.49. The fourth-order valence-electron chi connectivity index (χ4n) is 3.37. The minimum Gasteiger partial charge on any atom is -0.339 e. The third kappa shape index (κ3) is 3.76. The Bertz CT molecular complexity index is 980. The number of piperidine rings is 1. The zero-order valence-electron chi connectivity index (χ0n) is 14.7. The quantitative estimate of drug-likeness (QED) is 0.772. The second kappa shape index (κ2) is 7.49. The van der Waals surface area contributed by atoms with Gasteiger partial charge in [0.15, 0.2) is 0 Å². The van der Waals surface area contributed by atoms with Crippen LogP contribution in [0, 0.1) is 0 Å². The topological polar surface area (TPSA) is 91.8 Å². The molecule has 4 heterocycles. The maximum absolute atomic E-state index is 12.5. The zero-order valence-corrected chi connectivity index (χ0v) is 14.7. The number of hydrogen-bond donors (Lipinski definition) is 1. The van der Waals surface area contributed by atoms with E-state index in [1.807, 2.05) is 17.0 Å². The van der Waals surface area contributed by atoms with E-state index in [-0.39, 0.29) is 17.4 Å². The molecule has 3 aromatic heterocycles. The van der Waals surface area contributed by atoms with E-state index in [0.717, 1.165) is 18.4 Å². The number of nitrogens with zero attached hydrogens (tertiary/aromatic N) is 4. The van der Waals surface area contributed by atoms with Crippen molar-refractivity contribution in [3.05, 3.63) is 76.9 Å². The molecule has 1 N–H and O–H groups in total. The van der Waals surface area contributed by atoms with Gasteiger partial charge in [-0.1, -0.05) is 0 Å². The Labute approximate surface area is 156 Å². The predicted molar refractivity (Wildman–Crippen MR) is 100 cm³/mol. The number of amides is 1. The van der Waals surface area contributed by atoms with Crippen LogP contribution >= 0.6 is 0 Å². The Morgan fingerprint density at radius 1 is 1.07 bits per heavy atom.